The van der Waals surface area contributed by atoms with Gasteiger partial charge in [-0.1, -0.05) is 15.9 Å². The number of amides is 1. The molecule has 112 valence electrons. The Morgan fingerprint density at radius 2 is 2.19 bits per heavy atom. The summed E-state index contributed by atoms with van der Waals surface area (Å²) in [7, 11) is 1.30. The van der Waals surface area contributed by atoms with Gasteiger partial charge in [0.1, 0.15) is 18.9 Å². The van der Waals surface area contributed by atoms with Gasteiger partial charge in [0.25, 0.3) is 5.91 Å². The molecular weight excluding hydrogens is 338 g/mol. The monoisotopic (exact) mass is 353 g/mol. The molecule has 1 amide bonds. The van der Waals surface area contributed by atoms with Gasteiger partial charge in [0, 0.05) is 16.6 Å². The first-order valence-corrected chi connectivity index (χ1v) is 7.33. The van der Waals surface area contributed by atoms with E-state index in [4.69, 9.17) is 4.74 Å². The van der Waals surface area contributed by atoms with Crippen molar-refractivity contribution in [2.45, 2.75) is 6.92 Å². The number of carbonyl (C=O) groups is 2. The SMILES string of the molecule is CCN(CC(=O)OC)C(=O)C1=Cc2cc(Br)ccc2OC1. The van der Waals surface area contributed by atoms with Gasteiger partial charge < -0.3 is 14.4 Å². The smallest absolute Gasteiger partial charge is 0.325 e. The first-order valence-electron chi connectivity index (χ1n) is 6.54. The molecule has 0 unspecified atom stereocenters. The van der Waals surface area contributed by atoms with Gasteiger partial charge in [-0.05, 0) is 31.2 Å². The molecule has 1 aliphatic heterocycles. The molecule has 2 rings (SSSR count). The molecule has 1 aliphatic rings. The van der Waals surface area contributed by atoms with Crippen molar-refractivity contribution >= 4 is 33.9 Å². The molecule has 1 aromatic carbocycles. The lowest BCUT2D eigenvalue weighted by Gasteiger charge is -2.24. The van der Waals surface area contributed by atoms with Crippen molar-refractivity contribution in [3.63, 3.8) is 0 Å². The molecule has 0 atom stereocenters. The molecule has 21 heavy (non-hydrogen) atoms. The number of ether oxygens (including phenoxy) is 2. The fourth-order valence-electron chi connectivity index (χ4n) is 2.02. The molecule has 0 bridgehead atoms. The van der Waals surface area contributed by atoms with Gasteiger partial charge >= 0.3 is 5.97 Å². The number of likely N-dealkylation sites (N-methyl/N-ethyl adjacent to an activating group) is 1. The molecule has 0 N–H and O–H groups in total. The standard InChI is InChI=1S/C15H16BrNO4/c1-3-17(8-14(18)20-2)15(19)11-6-10-7-12(16)4-5-13(10)21-9-11/h4-7H,3,8-9H2,1-2H3. The third kappa shape index (κ3) is 3.64. The van der Waals surface area contributed by atoms with Crippen LogP contribution in [0.2, 0.25) is 0 Å². The molecular formula is C15H16BrNO4. The maximum atomic E-state index is 12.4. The number of carbonyl (C=O) groups excluding carboxylic acids is 2. The Morgan fingerprint density at radius 3 is 2.86 bits per heavy atom. The largest absolute Gasteiger partial charge is 0.488 e. The predicted octanol–water partition coefficient (Wildman–Crippen LogP) is 2.25. The lowest BCUT2D eigenvalue weighted by Crippen LogP contribution is -2.38. The van der Waals surface area contributed by atoms with Gasteiger partial charge in [-0.15, -0.1) is 0 Å². The van der Waals surface area contributed by atoms with Crippen molar-refractivity contribution in [2.24, 2.45) is 0 Å². The number of fused-ring (bicyclic) bond motifs is 1. The van der Waals surface area contributed by atoms with Crippen molar-refractivity contribution in [1.82, 2.24) is 4.90 Å². The molecule has 5 nitrogen and oxygen atoms in total. The third-order valence-corrected chi connectivity index (χ3v) is 3.67. The number of esters is 1. The first kappa shape index (κ1) is 15.6. The zero-order valence-corrected chi connectivity index (χ0v) is 13.5. The summed E-state index contributed by atoms with van der Waals surface area (Å²) in [6, 6.07) is 5.62. The van der Waals surface area contributed by atoms with Gasteiger partial charge in [0.15, 0.2) is 0 Å². The highest BCUT2D eigenvalue weighted by Crippen LogP contribution is 2.29. The summed E-state index contributed by atoms with van der Waals surface area (Å²) >= 11 is 3.39. The summed E-state index contributed by atoms with van der Waals surface area (Å²) < 4.78 is 11.1. The average Bonchev–Trinajstić information content (AvgIpc) is 2.50. The minimum absolute atomic E-state index is 0.0610. The second-order valence-corrected chi connectivity index (χ2v) is 5.45. The van der Waals surface area contributed by atoms with Crippen LogP contribution in [0.3, 0.4) is 0 Å². The van der Waals surface area contributed by atoms with Crippen LogP contribution in [0, 0.1) is 0 Å². The Labute approximate surface area is 131 Å². The molecule has 0 fully saturated rings. The maximum Gasteiger partial charge on any atom is 0.325 e. The number of hydrogen-bond donors (Lipinski definition) is 0. The number of methoxy groups -OCH3 is 1. The number of rotatable bonds is 4. The maximum absolute atomic E-state index is 12.4. The van der Waals surface area contributed by atoms with Crippen LogP contribution in [0.5, 0.6) is 5.75 Å². The fraction of sp³-hybridized carbons (Fsp3) is 0.333. The van der Waals surface area contributed by atoms with E-state index in [9.17, 15) is 9.59 Å². The first-order chi connectivity index (χ1) is 10.0. The second-order valence-electron chi connectivity index (χ2n) is 4.54. The summed E-state index contributed by atoms with van der Waals surface area (Å²) in [4.78, 5) is 25.2. The van der Waals surface area contributed by atoms with E-state index in [1.54, 1.807) is 6.08 Å². The highest BCUT2D eigenvalue weighted by Gasteiger charge is 2.23. The molecule has 0 aliphatic carbocycles. The number of hydrogen-bond acceptors (Lipinski definition) is 4. The molecule has 0 spiro atoms. The minimum Gasteiger partial charge on any atom is -0.488 e. The number of nitrogens with zero attached hydrogens (tertiary/aromatic N) is 1. The van der Waals surface area contributed by atoms with Crippen LogP contribution in [0.15, 0.2) is 28.2 Å². The normalized spacial score (nSPS) is 12.8. The quantitative estimate of drug-likeness (QED) is 0.779. The van der Waals surface area contributed by atoms with Crippen molar-refractivity contribution in [2.75, 3.05) is 26.8 Å². The summed E-state index contributed by atoms with van der Waals surface area (Å²) in [6.07, 6.45) is 1.80. The van der Waals surface area contributed by atoms with Crippen LogP contribution in [0.1, 0.15) is 12.5 Å². The highest BCUT2D eigenvalue weighted by molar-refractivity contribution is 9.10. The zero-order valence-electron chi connectivity index (χ0n) is 11.9. The molecule has 1 heterocycles. The third-order valence-electron chi connectivity index (χ3n) is 3.18. The molecule has 6 heteroatoms. The van der Waals surface area contributed by atoms with Crippen molar-refractivity contribution in [3.05, 3.63) is 33.8 Å². The van der Waals surface area contributed by atoms with E-state index in [1.807, 2.05) is 25.1 Å². The summed E-state index contributed by atoms with van der Waals surface area (Å²) in [5.41, 5.74) is 1.36. The van der Waals surface area contributed by atoms with Crippen LogP contribution < -0.4 is 4.74 Å². The van der Waals surface area contributed by atoms with Crippen LogP contribution in [-0.2, 0) is 14.3 Å². The van der Waals surface area contributed by atoms with E-state index in [-0.39, 0.29) is 19.1 Å². The van der Waals surface area contributed by atoms with Gasteiger partial charge in [-0.2, -0.15) is 0 Å². The Balaban J connectivity index is 2.21. The van der Waals surface area contributed by atoms with Crippen molar-refractivity contribution in [3.8, 4) is 5.75 Å². The van der Waals surface area contributed by atoms with Crippen LogP contribution in [0.4, 0.5) is 0 Å². The Morgan fingerprint density at radius 1 is 1.43 bits per heavy atom. The van der Waals surface area contributed by atoms with E-state index in [0.29, 0.717) is 12.1 Å². The van der Waals surface area contributed by atoms with Gasteiger partial charge in [-0.3, -0.25) is 9.59 Å². The summed E-state index contributed by atoms with van der Waals surface area (Å²) in [6.45, 7) is 2.38. The van der Waals surface area contributed by atoms with Crippen molar-refractivity contribution < 1.29 is 19.1 Å². The number of halogens is 1. The lowest BCUT2D eigenvalue weighted by molar-refractivity contribution is -0.145. The van der Waals surface area contributed by atoms with Crippen molar-refractivity contribution in [1.29, 1.82) is 0 Å². The topological polar surface area (TPSA) is 55.8 Å². The van der Waals surface area contributed by atoms with Crippen LogP contribution >= 0.6 is 15.9 Å². The molecule has 0 saturated heterocycles. The Bertz CT molecular complexity index is 597. The molecule has 0 aromatic heterocycles. The Kier molecular flexibility index (Phi) is 5.01. The zero-order chi connectivity index (χ0) is 15.4. The number of benzene rings is 1. The lowest BCUT2D eigenvalue weighted by atomic mass is 10.1. The Hall–Kier alpha value is -1.82. The predicted molar refractivity (Wildman–Crippen MR) is 81.9 cm³/mol. The van der Waals surface area contributed by atoms with Gasteiger partial charge in [0.2, 0.25) is 0 Å². The average molecular weight is 354 g/mol. The van der Waals surface area contributed by atoms with E-state index < -0.39 is 5.97 Å². The van der Waals surface area contributed by atoms with Gasteiger partial charge in [0.05, 0.1) is 12.7 Å². The van der Waals surface area contributed by atoms with E-state index in [0.717, 1.165) is 15.8 Å². The van der Waals surface area contributed by atoms with Gasteiger partial charge in [-0.25, -0.2) is 0 Å². The van der Waals surface area contributed by atoms with E-state index >= 15 is 0 Å². The molecule has 0 radical (unpaired) electrons. The second kappa shape index (κ2) is 6.76. The fourth-order valence-corrected chi connectivity index (χ4v) is 2.40. The van der Waals surface area contributed by atoms with E-state index in [1.165, 1.54) is 12.0 Å². The summed E-state index contributed by atoms with van der Waals surface area (Å²) in [5, 5.41) is 0. The summed E-state index contributed by atoms with van der Waals surface area (Å²) in [5.74, 6) is 0.0879. The molecule has 1 aromatic rings. The molecule has 0 saturated carbocycles. The van der Waals surface area contributed by atoms with Crippen LogP contribution in [0.25, 0.3) is 6.08 Å². The minimum atomic E-state index is -0.439. The van der Waals surface area contributed by atoms with E-state index in [2.05, 4.69) is 20.7 Å². The highest BCUT2D eigenvalue weighted by atomic mass is 79.9. The van der Waals surface area contributed by atoms with Crippen LogP contribution in [-0.4, -0.2) is 43.6 Å².